The summed E-state index contributed by atoms with van der Waals surface area (Å²) in [4.78, 5) is 29.3. The number of ether oxygens (including phenoxy) is 2. The molecule has 0 atom stereocenters. The predicted octanol–water partition coefficient (Wildman–Crippen LogP) is 8.53. The molecule has 55 heavy (non-hydrogen) atoms. The molecule has 12 heteroatoms. The van der Waals surface area contributed by atoms with Crippen LogP contribution in [0.3, 0.4) is 0 Å². The molecule has 1 aliphatic carbocycles. The van der Waals surface area contributed by atoms with Gasteiger partial charge in [0, 0.05) is 74.6 Å². The summed E-state index contributed by atoms with van der Waals surface area (Å²) < 4.78 is 27.5. The van der Waals surface area contributed by atoms with Gasteiger partial charge in [0.25, 0.3) is 11.8 Å². The number of aromatic nitrogens is 4. The molecule has 5 aromatic rings. The van der Waals surface area contributed by atoms with Gasteiger partial charge in [-0.25, -0.2) is 4.39 Å². The zero-order chi connectivity index (χ0) is 38.5. The number of halogens is 2. The number of fused-ring (bicyclic) bond motifs is 1. The van der Waals surface area contributed by atoms with Gasteiger partial charge < -0.3 is 19.3 Å². The van der Waals surface area contributed by atoms with Gasteiger partial charge in [-0.3, -0.25) is 14.7 Å². The summed E-state index contributed by atoms with van der Waals surface area (Å²) in [7, 11) is 0. The Morgan fingerprint density at radius 1 is 0.964 bits per heavy atom. The van der Waals surface area contributed by atoms with Crippen molar-refractivity contribution in [3.8, 4) is 17.4 Å². The molecule has 2 aromatic heterocycles. The fraction of sp³-hybridized carbons (Fsp3) is 0.372. The highest BCUT2D eigenvalue weighted by atomic mass is 35.5. The number of benzene rings is 3. The van der Waals surface area contributed by atoms with Crippen LogP contribution in [0.4, 0.5) is 10.2 Å². The van der Waals surface area contributed by atoms with Crippen molar-refractivity contribution < 1.29 is 18.7 Å². The Morgan fingerprint density at radius 3 is 2.38 bits per heavy atom. The Bertz CT molecular complexity index is 2090. The smallest absolute Gasteiger partial charge is 0.282 e. The van der Waals surface area contributed by atoms with Gasteiger partial charge in [-0.05, 0) is 73.7 Å². The molecule has 0 radical (unpaired) electrons. The Kier molecular flexibility index (Phi) is 11.6. The molecule has 10 nitrogen and oxygen atoms in total. The second-order valence-electron chi connectivity index (χ2n) is 14.6. The molecule has 286 valence electrons. The zero-order valence-corrected chi connectivity index (χ0v) is 32.5. The summed E-state index contributed by atoms with van der Waals surface area (Å²) in [5, 5.41) is 8.14. The van der Waals surface area contributed by atoms with Crippen molar-refractivity contribution in [3.63, 3.8) is 0 Å². The highest BCUT2D eigenvalue weighted by Gasteiger charge is 2.54. The van der Waals surface area contributed by atoms with Gasteiger partial charge in [-0.1, -0.05) is 74.5 Å². The van der Waals surface area contributed by atoms with Gasteiger partial charge in [0.1, 0.15) is 23.4 Å². The Morgan fingerprint density at radius 2 is 1.67 bits per heavy atom. The monoisotopic (exact) mass is 763 g/mol. The number of hydrogen-bond acceptors (Lipinski definition) is 9. The van der Waals surface area contributed by atoms with E-state index in [1.807, 2.05) is 76.4 Å². The third kappa shape index (κ3) is 8.58. The molecule has 1 saturated heterocycles. The van der Waals surface area contributed by atoms with Gasteiger partial charge in [-0.2, -0.15) is 4.98 Å². The SMILES string of the molecule is CC.CC(C)N(Cc1ccccc1)C(=O)c1cc(F)ccc1Oc1nnc(Cl)nc1N1CC2(CC(Oc3ccnc4c3CN(Cc3ccccc3)CC4)C2)C1. The summed E-state index contributed by atoms with van der Waals surface area (Å²) in [5.74, 6) is 0.695. The van der Waals surface area contributed by atoms with Crippen molar-refractivity contribution in [2.75, 3.05) is 24.5 Å². The highest BCUT2D eigenvalue weighted by Crippen LogP contribution is 2.52. The minimum atomic E-state index is -0.548. The molecule has 2 fully saturated rings. The molecule has 1 saturated carbocycles. The van der Waals surface area contributed by atoms with E-state index in [0.29, 0.717) is 25.5 Å². The molecule has 0 bridgehead atoms. The maximum Gasteiger partial charge on any atom is 0.282 e. The van der Waals surface area contributed by atoms with Crippen molar-refractivity contribution >= 4 is 23.3 Å². The first-order valence-electron chi connectivity index (χ1n) is 19.1. The van der Waals surface area contributed by atoms with Crippen LogP contribution >= 0.6 is 11.6 Å². The van der Waals surface area contributed by atoms with Crippen LogP contribution < -0.4 is 14.4 Å². The van der Waals surface area contributed by atoms with Crippen LogP contribution in [0.1, 0.15) is 73.3 Å². The maximum atomic E-state index is 14.6. The summed E-state index contributed by atoms with van der Waals surface area (Å²) in [6.45, 7) is 12.3. The van der Waals surface area contributed by atoms with Crippen LogP contribution in [0.25, 0.3) is 0 Å². The number of carbonyl (C=O) groups is 1. The van der Waals surface area contributed by atoms with E-state index in [9.17, 15) is 9.18 Å². The number of rotatable bonds is 11. The van der Waals surface area contributed by atoms with E-state index < -0.39 is 5.82 Å². The van der Waals surface area contributed by atoms with Gasteiger partial charge in [0.05, 0.1) is 5.56 Å². The molecule has 0 N–H and O–H groups in total. The third-order valence-electron chi connectivity index (χ3n) is 10.4. The summed E-state index contributed by atoms with van der Waals surface area (Å²) in [5.41, 5.74) is 4.72. The Labute approximate surface area is 327 Å². The van der Waals surface area contributed by atoms with Gasteiger partial charge in [0.15, 0.2) is 5.82 Å². The number of hydrogen-bond donors (Lipinski definition) is 0. The first-order chi connectivity index (χ1) is 26.7. The normalized spacial score (nSPS) is 16.0. The molecule has 2 aliphatic heterocycles. The van der Waals surface area contributed by atoms with Crippen molar-refractivity contribution in [3.05, 3.63) is 130 Å². The molecule has 8 rings (SSSR count). The van der Waals surface area contributed by atoms with Crippen molar-refractivity contribution in [2.24, 2.45) is 5.41 Å². The second kappa shape index (κ2) is 16.7. The summed E-state index contributed by atoms with van der Waals surface area (Å²) in [6.07, 6.45) is 4.67. The van der Waals surface area contributed by atoms with E-state index in [0.717, 1.165) is 55.9 Å². The molecular formula is C43H47ClFN7O3. The van der Waals surface area contributed by atoms with E-state index >= 15 is 0 Å². The van der Waals surface area contributed by atoms with Crippen molar-refractivity contribution in [1.29, 1.82) is 0 Å². The lowest BCUT2D eigenvalue weighted by molar-refractivity contribution is -0.0353. The van der Waals surface area contributed by atoms with Crippen LogP contribution in [-0.4, -0.2) is 67.7 Å². The first-order valence-corrected chi connectivity index (χ1v) is 19.5. The fourth-order valence-corrected chi connectivity index (χ4v) is 7.86. The number of anilines is 1. The lowest BCUT2D eigenvalue weighted by atomic mass is 9.61. The third-order valence-corrected chi connectivity index (χ3v) is 10.6. The number of nitrogens with zero attached hydrogens (tertiary/aromatic N) is 7. The Hall–Kier alpha value is -5.13. The van der Waals surface area contributed by atoms with E-state index in [2.05, 4.69) is 54.2 Å². The average Bonchev–Trinajstić information content (AvgIpc) is 3.17. The van der Waals surface area contributed by atoms with E-state index in [-0.39, 0.29) is 45.9 Å². The van der Waals surface area contributed by atoms with Crippen LogP contribution in [-0.2, 0) is 26.1 Å². The summed E-state index contributed by atoms with van der Waals surface area (Å²) in [6, 6.07) is 26.0. The van der Waals surface area contributed by atoms with Gasteiger partial charge in [0.2, 0.25) is 5.28 Å². The summed E-state index contributed by atoms with van der Waals surface area (Å²) >= 11 is 6.24. The lowest BCUT2D eigenvalue weighted by Crippen LogP contribution is -2.65. The second-order valence-corrected chi connectivity index (χ2v) is 15.0. The fourth-order valence-electron chi connectivity index (χ4n) is 7.74. The molecule has 1 spiro atoms. The maximum absolute atomic E-state index is 14.6. The van der Waals surface area contributed by atoms with E-state index in [1.165, 1.54) is 29.3 Å². The van der Waals surface area contributed by atoms with Crippen molar-refractivity contribution in [1.82, 2.24) is 30.0 Å². The van der Waals surface area contributed by atoms with E-state index in [4.69, 9.17) is 21.1 Å². The highest BCUT2D eigenvalue weighted by molar-refractivity contribution is 6.28. The molecule has 0 unspecified atom stereocenters. The van der Waals surface area contributed by atoms with Crippen LogP contribution in [0.5, 0.6) is 17.4 Å². The van der Waals surface area contributed by atoms with Gasteiger partial charge in [-0.15, -0.1) is 10.2 Å². The number of carbonyl (C=O) groups excluding carboxylic acids is 1. The molecular weight excluding hydrogens is 717 g/mol. The lowest BCUT2D eigenvalue weighted by Gasteiger charge is -2.58. The van der Waals surface area contributed by atoms with Crippen LogP contribution in [0.2, 0.25) is 5.28 Å². The quantitative estimate of drug-likeness (QED) is 0.131. The first kappa shape index (κ1) is 38.2. The Balaban J connectivity index is 0.00000229. The molecule has 4 heterocycles. The molecule has 3 aromatic carbocycles. The molecule has 3 aliphatic rings. The van der Waals surface area contributed by atoms with Crippen LogP contribution in [0, 0.1) is 11.2 Å². The minimum Gasteiger partial charge on any atom is -0.490 e. The number of amides is 1. The van der Waals surface area contributed by atoms with Crippen molar-refractivity contribution in [2.45, 2.75) is 78.7 Å². The molecule has 1 amide bonds. The predicted molar refractivity (Wildman–Crippen MR) is 211 cm³/mol. The van der Waals surface area contributed by atoms with Crippen LogP contribution in [0.15, 0.2) is 91.1 Å². The van der Waals surface area contributed by atoms with E-state index in [1.54, 1.807) is 4.90 Å². The largest absolute Gasteiger partial charge is 0.490 e. The average molecular weight is 764 g/mol. The standard InChI is InChI=1S/C41H41ClFN7O3.C2H6/c1-27(2)50(23-29-11-7-4-8-12-29)39(51)32-19-30(43)13-14-35(32)53-38-37(45-40(42)47-46-38)49-25-41(26-49)20-31(21-41)52-36-15-17-44-34-16-18-48(24-33(34)36)22-28-9-5-3-6-10-28;1-2/h3-15,17,19,27,31H,16,18,20-26H2,1-2H3;1-2H3. The van der Waals surface area contributed by atoms with Gasteiger partial charge >= 0.3 is 0 Å². The zero-order valence-electron chi connectivity index (χ0n) is 31.8. The number of pyridine rings is 1. The minimum absolute atomic E-state index is 0.0175. The topological polar surface area (TPSA) is 96.8 Å².